The fourth-order valence-electron chi connectivity index (χ4n) is 3.09. The number of rotatable bonds is 5. The second-order valence-corrected chi connectivity index (χ2v) is 5.83. The number of halogens is 1. The monoisotopic (exact) mass is 304 g/mol. The predicted molar refractivity (Wildman–Crippen MR) is 80.6 cm³/mol. The maximum absolute atomic E-state index is 13.3. The molecule has 1 fully saturated rings. The predicted octanol–water partition coefficient (Wildman–Crippen LogP) is 2.01. The van der Waals surface area contributed by atoms with Crippen LogP contribution in [0.3, 0.4) is 0 Å². The summed E-state index contributed by atoms with van der Waals surface area (Å²) in [5.41, 5.74) is 0.630. The molecule has 0 amide bonds. The molecule has 3 rings (SSSR count). The average molecular weight is 304 g/mol. The summed E-state index contributed by atoms with van der Waals surface area (Å²) < 4.78 is 15.1. The Hall–Kier alpha value is -1.79. The summed E-state index contributed by atoms with van der Waals surface area (Å²) in [4.78, 5) is 6.25. The summed E-state index contributed by atoms with van der Waals surface area (Å²) in [7, 11) is 0. The molecule has 1 aromatic carbocycles. The third-order valence-corrected chi connectivity index (χ3v) is 4.25. The summed E-state index contributed by atoms with van der Waals surface area (Å²) in [6, 6.07) is 6.53. The second kappa shape index (κ2) is 6.98. The van der Waals surface area contributed by atoms with Crippen LogP contribution in [0.1, 0.15) is 30.9 Å². The van der Waals surface area contributed by atoms with E-state index in [9.17, 15) is 9.50 Å². The number of aliphatic hydroxyl groups excluding tert-OH is 1. The van der Waals surface area contributed by atoms with E-state index in [1.54, 1.807) is 18.5 Å². The van der Waals surface area contributed by atoms with E-state index in [1.807, 2.05) is 4.68 Å². The van der Waals surface area contributed by atoms with Crippen LogP contribution in [0, 0.1) is 5.82 Å². The molecule has 1 N–H and O–H groups in total. The summed E-state index contributed by atoms with van der Waals surface area (Å²) in [6.45, 7) is 2.24. The van der Waals surface area contributed by atoms with Gasteiger partial charge in [-0.25, -0.2) is 9.37 Å². The molecule has 22 heavy (non-hydrogen) atoms. The minimum absolute atomic E-state index is 0.311. The van der Waals surface area contributed by atoms with Gasteiger partial charge in [0.2, 0.25) is 0 Å². The van der Waals surface area contributed by atoms with Crippen LogP contribution in [0.25, 0.3) is 0 Å². The number of aromatic nitrogens is 3. The Morgan fingerprint density at radius 1 is 1.36 bits per heavy atom. The highest BCUT2D eigenvalue weighted by Gasteiger charge is 2.25. The second-order valence-electron chi connectivity index (χ2n) is 5.83. The van der Waals surface area contributed by atoms with Crippen molar-refractivity contribution in [2.45, 2.75) is 38.0 Å². The Labute approximate surface area is 129 Å². The Morgan fingerprint density at radius 2 is 2.27 bits per heavy atom. The molecule has 1 aromatic heterocycles. The quantitative estimate of drug-likeness (QED) is 0.918. The first-order valence-corrected chi connectivity index (χ1v) is 7.72. The number of likely N-dealkylation sites (tertiary alicyclic amines) is 1. The number of piperidine rings is 1. The highest BCUT2D eigenvalue weighted by Crippen LogP contribution is 2.23. The van der Waals surface area contributed by atoms with Crippen LogP contribution in [-0.4, -0.2) is 43.9 Å². The summed E-state index contributed by atoms with van der Waals surface area (Å²) in [5.74, 6) is -0.311. The molecule has 5 nitrogen and oxygen atoms in total. The van der Waals surface area contributed by atoms with Gasteiger partial charge in [-0.1, -0.05) is 18.6 Å². The van der Waals surface area contributed by atoms with Gasteiger partial charge in [-0.3, -0.25) is 9.58 Å². The molecular formula is C16H21FN4O. The molecule has 1 aliphatic rings. The zero-order valence-electron chi connectivity index (χ0n) is 12.5. The number of β-amino-alcohol motifs (C(OH)–C–C–N with tert-alkyl or cyclic N) is 1. The largest absolute Gasteiger partial charge is 0.387 e. The molecule has 0 aliphatic carbocycles. The van der Waals surface area contributed by atoms with Crippen molar-refractivity contribution >= 4 is 0 Å². The highest BCUT2D eigenvalue weighted by atomic mass is 19.1. The lowest BCUT2D eigenvalue weighted by Gasteiger charge is -2.36. The molecule has 0 saturated carbocycles. The normalized spacial score (nSPS) is 20.9. The maximum atomic E-state index is 13.3. The van der Waals surface area contributed by atoms with Gasteiger partial charge >= 0.3 is 0 Å². The van der Waals surface area contributed by atoms with Crippen molar-refractivity contribution in [2.75, 3.05) is 13.1 Å². The van der Waals surface area contributed by atoms with Gasteiger partial charge in [-0.2, -0.15) is 5.10 Å². The molecule has 6 heteroatoms. The van der Waals surface area contributed by atoms with Gasteiger partial charge in [0, 0.05) is 12.6 Å². The van der Waals surface area contributed by atoms with Crippen LogP contribution in [-0.2, 0) is 6.54 Å². The van der Waals surface area contributed by atoms with Crippen molar-refractivity contribution in [3.05, 3.63) is 48.3 Å². The Morgan fingerprint density at radius 3 is 3.05 bits per heavy atom. The minimum atomic E-state index is -0.674. The van der Waals surface area contributed by atoms with E-state index in [2.05, 4.69) is 15.0 Å². The first-order chi connectivity index (χ1) is 10.7. The number of hydrogen-bond acceptors (Lipinski definition) is 4. The van der Waals surface area contributed by atoms with Crippen molar-refractivity contribution in [1.29, 1.82) is 0 Å². The SMILES string of the molecule is O[C@@H](CN1CCCC[C@H]1Cn1cncn1)c1cccc(F)c1. The first kappa shape index (κ1) is 15.1. The third-order valence-electron chi connectivity index (χ3n) is 4.25. The van der Waals surface area contributed by atoms with E-state index in [-0.39, 0.29) is 5.82 Å². The minimum Gasteiger partial charge on any atom is -0.387 e. The van der Waals surface area contributed by atoms with Gasteiger partial charge in [0.25, 0.3) is 0 Å². The molecule has 1 saturated heterocycles. The van der Waals surface area contributed by atoms with Crippen LogP contribution in [0.4, 0.5) is 4.39 Å². The topological polar surface area (TPSA) is 54.2 Å². The molecule has 0 radical (unpaired) electrons. The van der Waals surface area contributed by atoms with E-state index in [0.29, 0.717) is 18.2 Å². The van der Waals surface area contributed by atoms with Gasteiger partial charge in [-0.15, -0.1) is 0 Å². The molecule has 2 heterocycles. The number of benzene rings is 1. The van der Waals surface area contributed by atoms with Gasteiger partial charge in [0.05, 0.1) is 12.6 Å². The molecule has 118 valence electrons. The van der Waals surface area contributed by atoms with E-state index in [1.165, 1.54) is 24.9 Å². The zero-order valence-corrected chi connectivity index (χ0v) is 12.5. The van der Waals surface area contributed by atoms with Crippen molar-refractivity contribution in [1.82, 2.24) is 19.7 Å². The number of nitrogens with zero attached hydrogens (tertiary/aromatic N) is 4. The van der Waals surface area contributed by atoms with Crippen LogP contribution in [0.15, 0.2) is 36.9 Å². The number of aliphatic hydroxyl groups is 1. The lowest BCUT2D eigenvalue weighted by atomic mass is 10.00. The molecular weight excluding hydrogens is 283 g/mol. The van der Waals surface area contributed by atoms with Crippen molar-refractivity contribution in [3.8, 4) is 0 Å². The van der Waals surface area contributed by atoms with Crippen LogP contribution in [0.5, 0.6) is 0 Å². The Balaban J connectivity index is 1.65. The summed E-state index contributed by atoms with van der Waals surface area (Å²) in [5, 5.41) is 14.6. The van der Waals surface area contributed by atoms with E-state index in [0.717, 1.165) is 25.9 Å². The maximum Gasteiger partial charge on any atom is 0.137 e. The highest BCUT2D eigenvalue weighted by molar-refractivity contribution is 5.19. The van der Waals surface area contributed by atoms with Gasteiger partial charge in [-0.05, 0) is 37.1 Å². The standard InChI is InChI=1S/C16H21FN4O/c17-14-5-3-4-13(8-14)16(22)10-20-7-2-1-6-15(20)9-21-12-18-11-19-21/h3-5,8,11-12,15-16,22H,1-2,6-7,9-10H2/t15-,16-/m0/s1. The summed E-state index contributed by atoms with van der Waals surface area (Å²) in [6.07, 6.45) is 5.97. The van der Waals surface area contributed by atoms with Crippen LogP contribution < -0.4 is 0 Å². The molecule has 0 unspecified atom stereocenters. The molecule has 0 bridgehead atoms. The van der Waals surface area contributed by atoms with Crippen molar-refractivity contribution in [2.24, 2.45) is 0 Å². The molecule has 2 atom stereocenters. The lowest BCUT2D eigenvalue weighted by molar-refractivity contribution is 0.0589. The molecule has 0 spiro atoms. The fraction of sp³-hybridized carbons (Fsp3) is 0.500. The molecule has 1 aliphatic heterocycles. The summed E-state index contributed by atoms with van der Waals surface area (Å²) >= 11 is 0. The number of hydrogen-bond donors (Lipinski definition) is 1. The first-order valence-electron chi connectivity index (χ1n) is 7.72. The van der Waals surface area contributed by atoms with E-state index >= 15 is 0 Å². The lowest BCUT2D eigenvalue weighted by Crippen LogP contribution is -2.44. The Kier molecular flexibility index (Phi) is 4.80. The van der Waals surface area contributed by atoms with Crippen LogP contribution >= 0.6 is 0 Å². The van der Waals surface area contributed by atoms with Crippen molar-refractivity contribution < 1.29 is 9.50 Å². The molecule has 2 aromatic rings. The van der Waals surface area contributed by atoms with Crippen molar-refractivity contribution in [3.63, 3.8) is 0 Å². The zero-order chi connectivity index (χ0) is 15.4. The Bertz CT molecular complexity index is 590. The van der Waals surface area contributed by atoms with E-state index in [4.69, 9.17) is 0 Å². The van der Waals surface area contributed by atoms with Gasteiger partial charge in [0.15, 0.2) is 0 Å². The fourth-order valence-corrected chi connectivity index (χ4v) is 3.09. The van der Waals surface area contributed by atoms with Crippen LogP contribution in [0.2, 0.25) is 0 Å². The van der Waals surface area contributed by atoms with E-state index < -0.39 is 6.10 Å². The third kappa shape index (κ3) is 3.69. The van der Waals surface area contributed by atoms with Gasteiger partial charge in [0.1, 0.15) is 18.5 Å². The smallest absolute Gasteiger partial charge is 0.137 e. The van der Waals surface area contributed by atoms with Gasteiger partial charge < -0.3 is 5.11 Å². The average Bonchev–Trinajstić information content (AvgIpc) is 3.02.